The largest absolute Gasteiger partial charge is 0.245 e. The van der Waals surface area contributed by atoms with Gasteiger partial charge < -0.3 is 0 Å². The van der Waals surface area contributed by atoms with Crippen molar-refractivity contribution in [2.24, 2.45) is 5.10 Å². The quantitative estimate of drug-likeness (QED) is 0.540. The minimum atomic E-state index is 0.538. The van der Waals surface area contributed by atoms with Crippen molar-refractivity contribution in [1.29, 1.82) is 0 Å². The van der Waals surface area contributed by atoms with Gasteiger partial charge in [-0.15, -0.1) is 0 Å². The van der Waals surface area contributed by atoms with Gasteiger partial charge in [-0.3, -0.25) is 0 Å². The minimum absolute atomic E-state index is 0.538. The summed E-state index contributed by atoms with van der Waals surface area (Å²) >= 11 is 0. The second-order valence-electron chi connectivity index (χ2n) is 6.09. The summed E-state index contributed by atoms with van der Waals surface area (Å²) in [4.78, 5) is 8.78. The van der Waals surface area contributed by atoms with Crippen LogP contribution in [-0.2, 0) is 12.8 Å². The zero-order valence-corrected chi connectivity index (χ0v) is 14.6. The first-order chi connectivity index (χ1) is 12.2. The van der Waals surface area contributed by atoms with Crippen LogP contribution in [0.3, 0.4) is 0 Å². The molecule has 4 heteroatoms. The van der Waals surface area contributed by atoms with Gasteiger partial charge in [-0.1, -0.05) is 60.7 Å². The van der Waals surface area contributed by atoms with E-state index in [4.69, 9.17) is 0 Å². The number of nitrogens with zero attached hydrogens (tertiary/aromatic N) is 3. The van der Waals surface area contributed by atoms with Gasteiger partial charge in [0.1, 0.15) is 0 Å². The van der Waals surface area contributed by atoms with E-state index in [1.54, 1.807) is 0 Å². The number of aromatic nitrogens is 2. The first kappa shape index (κ1) is 16.8. The molecule has 0 saturated carbocycles. The lowest BCUT2D eigenvalue weighted by atomic mass is 10.0. The van der Waals surface area contributed by atoms with Crippen molar-refractivity contribution in [2.45, 2.75) is 26.7 Å². The van der Waals surface area contributed by atoms with Gasteiger partial charge in [0.2, 0.25) is 5.95 Å². The summed E-state index contributed by atoms with van der Waals surface area (Å²) in [6, 6.07) is 22.7. The van der Waals surface area contributed by atoms with Gasteiger partial charge >= 0.3 is 0 Å². The van der Waals surface area contributed by atoms with Crippen LogP contribution < -0.4 is 5.43 Å². The van der Waals surface area contributed by atoms with E-state index in [2.05, 4.69) is 69.0 Å². The number of hydrazone groups is 1. The van der Waals surface area contributed by atoms with E-state index in [1.165, 1.54) is 11.1 Å². The second kappa shape index (κ2) is 8.20. The highest BCUT2D eigenvalue weighted by Gasteiger charge is 2.05. The summed E-state index contributed by atoms with van der Waals surface area (Å²) in [5.74, 6) is 0.538. The van der Waals surface area contributed by atoms with E-state index < -0.39 is 0 Å². The highest BCUT2D eigenvalue weighted by molar-refractivity contribution is 5.89. The Bertz CT molecular complexity index is 779. The average molecular weight is 330 g/mol. The van der Waals surface area contributed by atoms with E-state index in [0.717, 1.165) is 29.9 Å². The molecule has 2 aromatic carbocycles. The zero-order chi connectivity index (χ0) is 17.5. The Hall–Kier alpha value is -3.01. The van der Waals surface area contributed by atoms with Crippen molar-refractivity contribution in [3.05, 3.63) is 89.2 Å². The Morgan fingerprint density at radius 1 is 0.800 bits per heavy atom. The monoisotopic (exact) mass is 330 g/mol. The number of hydrogen-bond acceptors (Lipinski definition) is 4. The Morgan fingerprint density at radius 3 is 1.76 bits per heavy atom. The third-order valence-electron chi connectivity index (χ3n) is 3.80. The fraction of sp³-hybridized carbons (Fsp3) is 0.190. The Balaban J connectivity index is 1.81. The Morgan fingerprint density at radius 2 is 1.28 bits per heavy atom. The van der Waals surface area contributed by atoms with Crippen LogP contribution in [-0.4, -0.2) is 15.7 Å². The molecule has 0 aliphatic carbocycles. The number of nitrogens with one attached hydrogen (secondary N) is 1. The summed E-state index contributed by atoms with van der Waals surface area (Å²) < 4.78 is 0. The van der Waals surface area contributed by atoms with E-state index >= 15 is 0 Å². The van der Waals surface area contributed by atoms with Crippen LogP contribution in [0.2, 0.25) is 0 Å². The number of rotatable bonds is 6. The van der Waals surface area contributed by atoms with Crippen molar-refractivity contribution < 1.29 is 0 Å². The fourth-order valence-electron chi connectivity index (χ4n) is 2.71. The van der Waals surface area contributed by atoms with Crippen molar-refractivity contribution >= 4 is 11.7 Å². The maximum absolute atomic E-state index is 4.61. The molecule has 25 heavy (non-hydrogen) atoms. The molecule has 0 aliphatic heterocycles. The van der Waals surface area contributed by atoms with E-state index in [0.29, 0.717) is 5.95 Å². The van der Waals surface area contributed by atoms with Gasteiger partial charge in [0.05, 0.1) is 0 Å². The maximum atomic E-state index is 4.61. The van der Waals surface area contributed by atoms with Crippen LogP contribution in [0.15, 0.2) is 71.8 Å². The van der Waals surface area contributed by atoms with Crippen molar-refractivity contribution in [3.8, 4) is 0 Å². The highest BCUT2D eigenvalue weighted by atomic mass is 15.4. The number of hydrogen-bond donors (Lipinski definition) is 1. The third-order valence-corrected chi connectivity index (χ3v) is 3.80. The molecule has 0 saturated heterocycles. The predicted octanol–water partition coefficient (Wildman–Crippen LogP) is 4.35. The van der Waals surface area contributed by atoms with Gasteiger partial charge in [-0.05, 0) is 31.0 Å². The lowest BCUT2D eigenvalue weighted by Crippen LogP contribution is -2.11. The number of anilines is 1. The normalized spacial score (nSPS) is 10.3. The molecule has 0 radical (unpaired) electrons. The van der Waals surface area contributed by atoms with Gasteiger partial charge in [0.25, 0.3) is 0 Å². The second-order valence-corrected chi connectivity index (χ2v) is 6.09. The molecule has 0 fully saturated rings. The summed E-state index contributed by atoms with van der Waals surface area (Å²) in [5, 5.41) is 4.61. The minimum Gasteiger partial charge on any atom is -0.245 e. The molecule has 0 aliphatic rings. The molecule has 3 aromatic rings. The molecular weight excluding hydrogens is 308 g/mol. The summed E-state index contributed by atoms with van der Waals surface area (Å²) in [6.45, 7) is 3.91. The Kier molecular flexibility index (Phi) is 5.52. The third kappa shape index (κ3) is 5.24. The van der Waals surface area contributed by atoms with E-state index in [9.17, 15) is 0 Å². The first-order valence-electron chi connectivity index (χ1n) is 8.40. The summed E-state index contributed by atoms with van der Waals surface area (Å²) in [7, 11) is 0. The molecule has 0 bridgehead atoms. The lowest BCUT2D eigenvalue weighted by molar-refractivity contribution is 1.03. The van der Waals surface area contributed by atoms with Crippen molar-refractivity contribution in [3.63, 3.8) is 0 Å². The Labute approximate surface area is 148 Å². The SMILES string of the molecule is Cc1cc(C)nc(NN=C(Cc2ccccc2)Cc2ccccc2)n1. The lowest BCUT2D eigenvalue weighted by Gasteiger charge is -2.09. The van der Waals surface area contributed by atoms with Crippen molar-refractivity contribution in [1.82, 2.24) is 9.97 Å². The molecule has 1 heterocycles. The smallest absolute Gasteiger partial charge is 0.243 e. The molecule has 1 aromatic heterocycles. The van der Waals surface area contributed by atoms with Crippen molar-refractivity contribution in [2.75, 3.05) is 5.43 Å². The fourth-order valence-corrected chi connectivity index (χ4v) is 2.71. The summed E-state index contributed by atoms with van der Waals surface area (Å²) in [5.41, 5.74) is 8.40. The molecule has 0 unspecified atom stereocenters. The van der Waals surface area contributed by atoms with E-state index in [1.807, 2.05) is 32.0 Å². The zero-order valence-electron chi connectivity index (χ0n) is 14.6. The van der Waals surface area contributed by atoms with Crippen LogP contribution in [0.4, 0.5) is 5.95 Å². The molecule has 0 amide bonds. The summed E-state index contributed by atoms with van der Waals surface area (Å²) in [6.07, 6.45) is 1.57. The van der Waals surface area contributed by atoms with Gasteiger partial charge in [-0.2, -0.15) is 5.10 Å². The molecule has 0 spiro atoms. The topological polar surface area (TPSA) is 50.2 Å². The maximum Gasteiger partial charge on any atom is 0.243 e. The van der Waals surface area contributed by atoms with Gasteiger partial charge in [-0.25, -0.2) is 15.4 Å². The molecule has 3 rings (SSSR count). The average Bonchev–Trinajstić information content (AvgIpc) is 2.61. The highest BCUT2D eigenvalue weighted by Crippen LogP contribution is 2.09. The predicted molar refractivity (Wildman–Crippen MR) is 103 cm³/mol. The number of aryl methyl sites for hydroxylation is 2. The van der Waals surface area contributed by atoms with Gasteiger partial charge in [0.15, 0.2) is 0 Å². The van der Waals surface area contributed by atoms with Crippen LogP contribution >= 0.6 is 0 Å². The molecule has 1 N–H and O–H groups in total. The van der Waals surface area contributed by atoms with Crippen LogP contribution in [0.5, 0.6) is 0 Å². The molecule has 4 nitrogen and oxygen atoms in total. The van der Waals surface area contributed by atoms with Crippen LogP contribution in [0, 0.1) is 13.8 Å². The number of benzene rings is 2. The molecule has 0 atom stereocenters. The first-order valence-corrected chi connectivity index (χ1v) is 8.40. The molecule has 126 valence electrons. The van der Waals surface area contributed by atoms with Crippen LogP contribution in [0.25, 0.3) is 0 Å². The van der Waals surface area contributed by atoms with Crippen LogP contribution in [0.1, 0.15) is 22.5 Å². The van der Waals surface area contributed by atoms with Gasteiger partial charge in [0, 0.05) is 29.9 Å². The molecular formula is C21H22N4. The van der Waals surface area contributed by atoms with E-state index in [-0.39, 0.29) is 0 Å². The standard InChI is InChI=1S/C21H22N4/c1-16-13-17(2)23-21(22-16)25-24-20(14-18-9-5-3-6-10-18)15-19-11-7-4-8-12-19/h3-13H,14-15H2,1-2H3,(H,22,23,25).